The standard InChI is InChI=1S/C13H26N2O3/c1-11(2,3)18-10(16)15-8-6-7-13(14,9-15)12(4,5)17/h17H,6-9,14H2,1-5H3. The Kier molecular flexibility index (Phi) is 3.98. The Labute approximate surface area is 109 Å². The van der Waals surface area contributed by atoms with Crippen molar-refractivity contribution in [3.05, 3.63) is 0 Å². The van der Waals surface area contributed by atoms with E-state index in [2.05, 4.69) is 0 Å². The van der Waals surface area contributed by atoms with Gasteiger partial charge in [-0.1, -0.05) is 0 Å². The fraction of sp³-hybridized carbons (Fsp3) is 0.923. The van der Waals surface area contributed by atoms with Gasteiger partial charge in [0.05, 0.1) is 11.1 Å². The summed E-state index contributed by atoms with van der Waals surface area (Å²) < 4.78 is 5.33. The summed E-state index contributed by atoms with van der Waals surface area (Å²) in [5.41, 5.74) is 3.92. The molecular weight excluding hydrogens is 232 g/mol. The van der Waals surface area contributed by atoms with Crippen LogP contribution in [0.5, 0.6) is 0 Å². The Hall–Kier alpha value is -0.810. The average Bonchev–Trinajstić information content (AvgIpc) is 2.13. The van der Waals surface area contributed by atoms with Gasteiger partial charge in [-0.05, 0) is 47.5 Å². The van der Waals surface area contributed by atoms with E-state index >= 15 is 0 Å². The predicted molar refractivity (Wildman–Crippen MR) is 70.3 cm³/mol. The highest BCUT2D eigenvalue weighted by Crippen LogP contribution is 2.29. The van der Waals surface area contributed by atoms with Crippen LogP contribution >= 0.6 is 0 Å². The summed E-state index contributed by atoms with van der Waals surface area (Å²) in [7, 11) is 0. The number of aliphatic hydroxyl groups is 1. The third-order valence-corrected chi connectivity index (χ3v) is 3.39. The number of nitrogens with zero attached hydrogens (tertiary/aromatic N) is 1. The summed E-state index contributed by atoms with van der Waals surface area (Å²) in [4.78, 5) is 13.6. The second-order valence-electron chi connectivity index (χ2n) is 6.72. The van der Waals surface area contributed by atoms with Crippen LogP contribution in [0.25, 0.3) is 0 Å². The number of ether oxygens (including phenoxy) is 1. The van der Waals surface area contributed by atoms with E-state index in [1.165, 1.54) is 0 Å². The number of rotatable bonds is 1. The number of nitrogens with two attached hydrogens (primary N) is 1. The van der Waals surface area contributed by atoms with Gasteiger partial charge in [-0.15, -0.1) is 0 Å². The Morgan fingerprint density at radius 3 is 2.33 bits per heavy atom. The molecule has 0 radical (unpaired) electrons. The van der Waals surface area contributed by atoms with E-state index in [0.29, 0.717) is 19.5 Å². The molecule has 1 fully saturated rings. The van der Waals surface area contributed by atoms with E-state index < -0.39 is 16.7 Å². The maximum Gasteiger partial charge on any atom is 0.410 e. The molecule has 0 aliphatic carbocycles. The van der Waals surface area contributed by atoms with Gasteiger partial charge in [0.2, 0.25) is 0 Å². The molecule has 0 aromatic rings. The Morgan fingerprint density at radius 2 is 1.89 bits per heavy atom. The molecule has 0 aromatic heterocycles. The van der Waals surface area contributed by atoms with Crippen LogP contribution in [0.1, 0.15) is 47.5 Å². The molecule has 1 rings (SSSR count). The van der Waals surface area contributed by atoms with Crippen molar-refractivity contribution in [2.75, 3.05) is 13.1 Å². The number of likely N-dealkylation sites (tertiary alicyclic amines) is 1. The summed E-state index contributed by atoms with van der Waals surface area (Å²) in [5.74, 6) is 0. The quantitative estimate of drug-likeness (QED) is 0.747. The second-order valence-corrected chi connectivity index (χ2v) is 6.72. The minimum atomic E-state index is -1.02. The van der Waals surface area contributed by atoms with E-state index in [1.807, 2.05) is 20.8 Å². The van der Waals surface area contributed by atoms with Gasteiger partial charge in [-0.2, -0.15) is 0 Å². The van der Waals surface area contributed by atoms with Crippen molar-refractivity contribution in [3.63, 3.8) is 0 Å². The van der Waals surface area contributed by atoms with Crippen molar-refractivity contribution < 1.29 is 14.6 Å². The van der Waals surface area contributed by atoms with Crippen molar-refractivity contribution in [2.45, 2.75) is 64.2 Å². The minimum Gasteiger partial charge on any atom is -0.444 e. The molecular formula is C13H26N2O3. The SMILES string of the molecule is CC(C)(C)OC(=O)N1CCCC(N)(C(C)(C)O)C1. The average molecular weight is 258 g/mol. The number of piperidine rings is 1. The van der Waals surface area contributed by atoms with E-state index in [0.717, 1.165) is 6.42 Å². The normalized spacial score (nSPS) is 26.1. The fourth-order valence-corrected chi connectivity index (χ4v) is 2.07. The zero-order chi connectivity index (χ0) is 14.2. The highest BCUT2D eigenvalue weighted by atomic mass is 16.6. The van der Waals surface area contributed by atoms with Crippen LogP contribution in [-0.4, -0.2) is 45.9 Å². The molecule has 1 aliphatic rings. The highest BCUT2D eigenvalue weighted by Gasteiger charge is 2.45. The summed E-state index contributed by atoms with van der Waals surface area (Å²) in [5, 5.41) is 10.1. The monoisotopic (exact) mass is 258 g/mol. The van der Waals surface area contributed by atoms with Crippen LogP contribution < -0.4 is 5.73 Å². The van der Waals surface area contributed by atoms with Gasteiger partial charge in [0.15, 0.2) is 0 Å². The lowest BCUT2D eigenvalue weighted by molar-refractivity contribution is -0.0448. The second kappa shape index (κ2) is 4.70. The summed E-state index contributed by atoms with van der Waals surface area (Å²) in [6.45, 7) is 9.83. The molecule has 5 nitrogen and oxygen atoms in total. The van der Waals surface area contributed by atoms with Gasteiger partial charge < -0.3 is 20.5 Å². The molecule has 3 N–H and O–H groups in total. The molecule has 0 bridgehead atoms. The first-order valence-corrected chi connectivity index (χ1v) is 6.44. The largest absolute Gasteiger partial charge is 0.444 e. The topological polar surface area (TPSA) is 75.8 Å². The zero-order valence-corrected chi connectivity index (χ0v) is 12.1. The number of amides is 1. The van der Waals surface area contributed by atoms with Gasteiger partial charge in [-0.3, -0.25) is 0 Å². The molecule has 106 valence electrons. The van der Waals surface area contributed by atoms with Gasteiger partial charge in [-0.25, -0.2) is 4.79 Å². The summed E-state index contributed by atoms with van der Waals surface area (Å²) in [6, 6.07) is 0. The number of carbonyl (C=O) groups is 1. The Balaban J connectivity index is 2.73. The number of hydrogen-bond acceptors (Lipinski definition) is 4. The molecule has 0 aromatic carbocycles. The van der Waals surface area contributed by atoms with Crippen LogP contribution in [0.2, 0.25) is 0 Å². The number of hydrogen-bond donors (Lipinski definition) is 2. The first-order valence-electron chi connectivity index (χ1n) is 6.44. The van der Waals surface area contributed by atoms with Crippen molar-refractivity contribution in [3.8, 4) is 0 Å². The first kappa shape index (κ1) is 15.2. The molecule has 0 spiro atoms. The van der Waals surface area contributed by atoms with Crippen LogP contribution in [0, 0.1) is 0 Å². The maximum atomic E-state index is 12.0. The van der Waals surface area contributed by atoms with Gasteiger partial charge in [0, 0.05) is 13.1 Å². The Morgan fingerprint density at radius 1 is 1.33 bits per heavy atom. The van der Waals surface area contributed by atoms with Gasteiger partial charge in [0.1, 0.15) is 5.60 Å². The number of carbonyl (C=O) groups excluding carboxylic acids is 1. The smallest absolute Gasteiger partial charge is 0.410 e. The molecule has 1 saturated heterocycles. The third-order valence-electron chi connectivity index (χ3n) is 3.39. The van der Waals surface area contributed by atoms with E-state index in [1.54, 1.807) is 18.7 Å². The molecule has 1 atom stereocenters. The van der Waals surface area contributed by atoms with Crippen LogP contribution in [0.3, 0.4) is 0 Å². The van der Waals surface area contributed by atoms with Gasteiger partial charge in [0.25, 0.3) is 0 Å². The highest BCUT2D eigenvalue weighted by molar-refractivity contribution is 5.68. The minimum absolute atomic E-state index is 0.325. The van der Waals surface area contributed by atoms with Crippen molar-refractivity contribution in [1.82, 2.24) is 4.90 Å². The van der Waals surface area contributed by atoms with E-state index in [-0.39, 0.29) is 6.09 Å². The predicted octanol–water partition coefficient (Wildman–Crippen LogP) is 1.49. The van der Waals surface area contributed by atoms with Crippen molar-refractivity contribution >= 4 is 6.09 Å². The molecule has 18 heavy (non-hydrogen) atoms. The first-order chi connectivity index (χ1) is 7.95. The maximum absolute atomic E-state index is 12.0. The molecule has 1 amide bonds. The molecule has 1 heterocycles. The molecule has 0 saturated carbocycles. The van der Waals surface area contributed by atoms with E-state index in [9.17, 15) is 9.90 Å². The van der Waals surface area contributed by atoms with Crippen LogP contribution in [-0.2, 0) is 4.74 Å². The lowest BCUT2D eigenvalue weighted by atomic mass is 9.77. The van der Waals surface area contributed by atoms with E-state index in [4.69, 9.17) is 10.5 Å². The Bertz CT molecular complexity index is 317. The summed E-state index contributed by atoms with van der Waals surface area (Å²) in [6.07, 6.45) is 1.12. The summed E-state index contributed by atoms with van der Waals surface area (Å²) >= 11 is 0. The van der Waals surface area contributed by atoms with Crippen LogP contribution in [0.4, 0.5) is 4.79 Å². The molecule has 1 aliphatic heterocycles. The van der Waals surface area contributed by atoms with Crippen LogP contribution in [0.15, 0.2) is 0 Å². The molecule has 1 unspecified atom stereocenters. The van der Waals surface area contributed by atoms with Gasteiger partial charge >= 0.3 is 6.09 Å². The van der Waals surface area contributed by atoms with Crippen molar-refractivity contribution in [2.24, 2.45) is 5.73 Å². The molecule has 5 heteroatoms. The van der Waals surface area contributed by atoms with Crippen molar-refractivity contribution in [1.29, 1.82) is 0 Å². The lowest BCUT2D eigenvalue weighted by Crippen LogP contribution is -2.66. The fourth-order valence-electron chi connectivity index (χ4n) is 2.07. The third kappa shape index (κ3) is 3.59. The zero-order valence-electron chi connectivity index (χ0n) is 12.1. The lowest BCUT2D eigenvalue weighted by Gasteiger charge is -2.46.